The highest BCUT2D eigenvalue weighted by atomic mass is 35.5. The Morgan fingerprint density at radius 1 is 1.61 bits per heavy atom. The molecule has 0 fully saturated rings. The first-order chi connectivity index (χ1) is 7.80. The maximum Gasteiger partial charge on any atom is 0.272 e. The minimum absolute atomic E-state index is 0. The maximum absolute atomic E-state index is 12.0. The van der Waals surface area contributed by atoms with Gasteiger partial charge in [-0.1, -0.05) is 13.8 Å². The molecule has 0 spiro atoms. The van der Waals surface area contributed by atoms with Crippen molar-refractivity contribution in [3.05, 3.63) is 17.5 Å². The molecule has 0 aliphatic heterocycles. The topological polar surface area (TPSA) is 72.9 Å². The number of nitrogens with two attached hydrogens (primary N) is 1. The summed E-state index contributed by atoms with van der Waals surface area (Å²) in [5.74, 6) is 0.0941. The predicted molar refractivity (Wildman–Crippen MR) is 75.0 cm³/mol. The summed E-state index contributed by atoms with van der Waals surface area (Å²) in [7, 11) is 1.82. The molecule has 6 heteroatoms. The van der Waals surface area contributed by atoms with Crippen molar-refractivity contribution in [1.29, 1.82) is 0 Å². The van der Waals surface area contributed by atoms with Crippen LogP contribution in [0, 0.1) is 12.8 Å². The van der Waals surface area contributed by atoms with E-state index in [0.717, 1.165) is 5.69 Å². The Bertz CT molecular complexity index is 397. The molecule has 1 atom stereocenters. The van der Waals surface area contributed by atoms with E-state index in [1.54, 1.807) is 10.7 Å². The molecular formula is C12H23ClN4O. The third-order valence-electron chi connectivity index (χ3n) is 3.44. The Balaban J connectivity index is 0.00000289. The van der Waals surface area contributed by atoms with E-state index in [9.17, 15) is 4.79 Å². The summed E-state index contributed by atoms with van der Waals surface area (Å²) >= 11 is 0. The number of aromatic nitrogens is 2. The molecule has 0 aromatic carbocycles. The molecule has 1 amide bonds. The van der Waals surface area contributed by atoms with Crippen LogP contribution in [0.15, 0.2) is 6.07 Å². The van der Waals surface area contributed by atoms with Crippen molar-refractivity contribution in [1.82, 2.24) is 15.1 Å². The molecule has 0 aliphatic rings. The Morgan fingerprint density at radius 2 is 2.17 bits per heavy atom. The molecule has 5 nitrogen and oxygen atoms in total. The van der Waals surface area contributed by atoms with E-state index < -0.39 is 5.54 Å². The van der Waals surface area contributed by atoms with Gasteiger partial charge in [0.25, 0.3) is 5.91 Å². The van der Waals surface area contributed by atoms with Crippen molar-refractivity contribution in [3.8, 4) is 0 Å². The molecule has 0 aliphatic carbocycles. The molecule has 0 bridgehead atoms. The summed E-state index contributed by atoms with van der Waals surface area (Å²) in [4.78, 5) is 12.0. The average molecular weight is 275 g/mol. The maximum atomic E-state index is 12.0. The normalized spacial score (nSPS) is 13.9. The van der Waals surface area contributed by atoms with Gasteiger partial charge < -0.3 is 11.1 Å². The molecule has 1 aromatic rings. The van der Waals surface area contributed by atoms with Gasteiger partial charge in [0.2, 0.25) is 0 Å². The quantitative estimate of drug-likeness (QED) is 0.868. The van der Waals surface area contributed by atoms with Gasteiger partial charge in [0.15, 0.2) is 0 Å². The van der Waals surface area contributed by atoms with E-state index in [2.05, 4.69) is 10.4 Å². The monoisotopic (exact) mass is 274 g/mol. The molecule has 1 aromatic heterocycles. The number of nitrogens with one attached hydrogen (secondary N) is 1. The van der Waals surface area contributed by atoms with Crippen molar-refractivity contribution in [2.24, 2.45) is 18.7 Å². The van der Waals surface area contributed by atoms with Crippen LogP contribution in [0.2, 0.25) is 0 Å². The number of aryl methyl sites for hydroxylation is 2. The van der Waals surface area contributed by atoms with Gasteiger partial charge in [0, 0.05) is 19.3 Å². The molecule has 104 valence electrons. The third kappa shape index (κ3) is 3.46. The summed E-state index contributed by atoms with van der Waals surface area (Å²) in [5.41, 5.74) is 6.72. The molecular weight excluding hydrogens is 252 g/mol. The first-order valence-corrected chi connectivity index (χ1v) is 5.83. The summed E-state index contributed by atoms with van der Waals surface area (Å²) in [6.45, 7) is 8.34. The van der Waals surface area contributed by atoms with Crippen molar-refractivity contribution < 1.29 is 4.79 Å². The molecule has 1 unspecified atom stereocenters. The summed E-state index contributed by atoms with van der Waals surface area (Å²) in [6, 6.07) is 1.77. The Kier molecular flexibility index (Phi) is 5.83. The lowest BCUT2D eigenvalue weighted by molar-refractivity contribution is 0.0877. The SMILES string of the molecule is Cc1cc(C(=O)NC(C)(CN)C(C)C)nn1C.Cl. The summed E-state index contributed by atoms with van der Waals surface area (Å²) in [6.07, 6.45) is 0. The zero-order valence-electron chi connectivity index (χ0n) is 11.7. The van der Waals surface area contributed by atoms with Crippen LogP contribution in [-0.2, 0) is 7.05 Å². The van der Waals surface area contributed by atoms with Crippen molar-refractivity contribution in [2.75, 3.05) is 6.54 Å². The number of hydrogen-bond acceptors (Lipinski definition) is 3. The van der Waals surface area contributed by atoms with Crippen molar-refractivity contribution in [2.45, 2.75) is 33.2 Å². The number of carbonyl (C=O) groups excluding carboxylic acids is 1. The van der Waals surface area contributed by atoms with Gasteiger partial charge in [-0.05, 0) is 25.8 Å². The second kappa shape index (κ2) is 6.20. The van der Waals surface area contributed by atoms with Crippen LogP contribution in [-0.4, -0.2) is 27.8 Å². The van der Waals surface area contributed by atoms with Crippen LogP contribution < -0.4 is 11.1 Å². The lowest BCUT2D eigenvalue weighted by Gasteiger charge is -2.33. The number of hydrogen-bond donors (Lipinski definition) is 2. The van der Waals surface area contributed by atoms with Gasteiger partial charge in [0.05, 0.1) is 5.54 Å². The molecule has 0 saturated carbocycles. The zero-order chi connectivity index (χ0) is 13.2. The number of amides is 1. The molecule has 1 heterocycles. The van der Waals surface area contributed by atoms with E-state index in [4.69, 9.17) is 5.73 Å². The lowest BCUT2D eigenvalue weighted by Crippen LogP contribution is -2.55. The van der Waals surface area contributed by atoms with Gasteiger partial charge >= 0.3 is 0 Å². The van der Waals surface area contributed by atoms with Gasteiger partial charge in [-0.2, -0.15) is 5.10 Å². The van der Waals surface area contributed by atoms with Crippen LogP contribution in [0.25, 0.3) is 0 Å². The smallest absolute Gasteiger partial charge is 0.272 e. The van der Waals surface area contributed by atoms with Crippen molar-refractivity contribution >= 4 is 18.3 Å². The highest BCUT2D eigenvalue weighted by Gasteiger charge is 2.29. The number of nitrogens with zero attached hydrogens (tertiary/aromatic N) is 2. The Hall–Kier alpha value is -1.07. The van der Waals surface area contributed by atoms with E-state index in [1.165, 1.54) is 0 Å². The van der Waals surface area contributed by atoms with Gasteiger partial charge in [-0.3, -0.25) is 9.48 Å². The van der Waals surface area contributed by atoms with E-state index >= 15 is 0 Å². The van der Waals surface area contributed by atoms with Gasteiger partial charge in [-0.15, -0.1) is 12.4 Å². The molecule has 18 heavy (non-hydrogen) atoms. The fourth-order valence-electron chi connectivity index (χ4n) is 1.43. The summed E-state index contributed by atoms with van der Waals surface area (Å²) in [5, 5.41) is 7.11. The number of halogens is 1. The Morgan fingerprint density at radius 3 is 2.50 bits per heavy atom. The largest absolute Gasteiger partial charge is 0.344 e. The average Bonchev–Trinajstić information content (AvgIpc) is 2.59. The highest BCUT2D eigenvalue weighted by Crippen LogP contribution is 2.15. The van der Waals surface area contributed by atoms with Gasteiger partial charge in [0.1, 0.15) is 5.69 Å². The van der Waals surface area contributed by atoms with Crippen LogP contribution in [0.5, 0.6) is 0 Å². The second-order valence-electron chi connectivity index (χ2n) is 5.02. The fourth-order valence-corrected chi connectivity index (χ4v) is 1.43. The highest BCUT2D eigenvalue weighted by molar-refractivity contribution is 5.92. The third-order valence-corrected chi connectivity index (χ3v) is 3.44. The number of carbonyl (C=O) groups is 1. The molecule has 3 N–H and O–H groups in total. The van der Waals surface area contributed by atoms with E-state index in [1.807, 2.05) is 34.7 Å². The minimum atomic E-state index is -0.400. The first kappa shape index (κ1) is 16.9. The molecule has 0 radical (unpaired) electrons. The van der Waals surface area contributed by atoms with Crippen LogP contribution in [0.3, 0.4) is 0 Å². The molecule has 1 rings (SSSR count). The summed E-state index contributed by atoms with van der Waals surface area (Å²) < 4.78 is 1.68. The van der Waals surface area contributed by atoms with Crippen molar-refractivity contribution in [3.63, 3.8) is 0 Å². The first-order valence-electron chi connectivity index (χ1n) is 5.83. The fraction of sp³-hybridized carbons (Fsp3) is 0.667. The minimum Gasteiger partial charge on any atom is -0.344 e. The van der Waals surface area contributed by atoms with Gasteiger partial charge in [-0.25, -0.2) is 0 Å². The number of rotatable bonds is 4. The van der Waals surface area contributed by atoms with Crippen LogP contribution in [0.1, 0.15) is 37.0 Å². The van der Waals surface area contributed by atoms with E-state index in [-0.39, 0.29) is 24.2 Å². The second-order valence-corrected chi connectivity index (χ2v) is 5.02. The van der Waals surface area contributed by atoms with Crippen LogP contribution in [0.4, 0.5) is 0 Å². The zero-order valence-corrected chi connectivity index (χ0v) is 12.5. The predicted octanol–water partition coefficient (Wildman–Crippen LogP) is 1.25. The lowest BCUT2D eigenvalue weighted by atomic mass is 9.88. The molecule has 0 saturated heterocycles. The van der Waals surface area contributed by atoms with E-state index in [0.29, 0.717) is 12.2 Å². The standard InChI is InChI=1S/C12H22N4O.ClH/c1-8(2)12(4,7-13)14-11(17)10-6-9(3)16(5)15-10;/h6,8H,7,13H2,1-5H3,(H,14,17);1H. The Labute approximate surface area is 115 Å². The van der Waals surface area contributed by atoms with Crippen LogP contribution >= 0.6 is 12.4 Å².